The molecule has 2 heterocycles. The summed E-state index contributed by atoms with van der Waals surface area (Å²) in [6.07, 6.45) is 2.77. The van der Waals surface area contributed by atoms with E-state index in [1.807, 2.05) is 0 Å². The smallest absolute Gasteiger partial charge is 0.228 e. The van der Waals surface area contributed by atoms with Crippen molar-refractivity contribution in [2.75, 3.05) is 13.2 Å². The van der Waals surface area contributed by atoms with E-state index in [0.29, 0.717) is 18.9 Å². The van der Waals surface area contributed by atoms with Crippen LogP contribution in [0.2, 0.25) is 0 Å². The van der Waals surface area contributed by atoms with Gasteiger partial charge in [-0.25, -0.2) is 0 Å². The molecular formula is C13H23N3O2. The lowest BCUT2D eigenvalue weighted by Crippen LogP contribution is -2.37. The number of nitrogens with two attached hydrogens (primary N) is 1. The van der Waals surface area contributed by atoms with Crippen LogP contribution in [0.25, 0.3) is 0 Å². The Morgan fingerprint density at radius 1 is 1.44 bits per heavy atom. The molecule has 2 unspecified atom stereocenters. The van der Waals surface area contributed by atoms with Crippen LogP contribution in [0.5, 0.6) is 0 Å². The summed E-state index contributed by atoms with van der Waals surface area (Å²) in [6, 6.07) is 0.0217. The minimum atomic E-state index is 0.0217. The van der Waals surface area contributed by atoms with Crippen LogP contribution in [-0.4, -0.2) is 29.4 Å². The molecule has 102 valence electrons. The second-order valence-corrected chi connectivity index (χ2v) is 6.14. The number of rotatable bonds is 3. The lowest BCUT2D eigenvalue weighted by atomic mass is 9.85. The van der Waals surface area contributed by atoms with Gasteiger partial charge in [-0.1, -0.05) is 25.9 Å². The molecule has 1 fully saturated rings. The molecule has 1 aliphatic heterocycles. The van der Waals surface area contributed by atoms with Crippen LogP contribution in [0, 0.1) is 5.41 Å². The largest absolute Gasteiger partial charge is 0.381 e. The number of hydrogen-bond acceptors (Lipinski definition) is 5. The predicted molar refractivity (Wildman–Crippen MR) is 68.2 cm³/mol. The highest BCUT2D eigenvalue weighted by atomic mass is 16.5. The fourth-order valence-corrected chi connectivity index (χ4v) is 1.96. The second-order valence-electron chi connectivity index (χ2n) is 6.14. The second kappa shape index (κ2) is 5.36. The maximum Gasteiger partial charge on any atom is 0.228 e. The molecule has 0 aromatic carbocycles. The van der Waals surface area contributed by atoms with Crippen LogP contribution >= 0.6 is 0 Å². The zero-order chi connectivity index (χ0) is 13.2. The number of nitrogens with zero attached hydrogens (tertiary/aromatic N) is 2. The zero-order valence-electron chi connectivity index (χ0n) is 11.5. The van der Waals surface area contributed by atoms with Crippen molar-refractivity contribution in [3.8, 4) is 0 Å². The lowest BCUT2D eigenvalue weighted by molar-refractivity contribution is 0.0773. The van der Waals surface area contributed by atoms with Crippen LogP contribution in [0.15, 0.2) is 4.52 Å². The third-order valence-electron chi connectivity index (χ3n) is 3.52. The van der Waals surface area contributed by atoms with E-state index in [9.17, 15) is 0 Å². The predicted octanol–water partition coefficient (Wildman–Crippen LogP) is 1.88. The van der Waals surface area contributed by atoms with E-state index in [1.165, 1.54) is 0 Å². The molecule has 5 nitrogen and oxygen atoms in total. The average Bonchev–Trinajstić information content (AvgIpc) is 2.77. The summed E-state index contributed by atoms with van der Waals surface area (Å²) in [5, 5.41) is 4.05. The Kier molecular flexibility index (Phi) is 4.02. The van der Waals surface area contributed by atoms with Gasteiger partial charge < -0.3 is 15.0 Å². The molecule has 18 heavy (non-hydrogen) atoms. The van der Waals surface area contributed by atoms with Gasteiger partial charge in [-0.05, 0) is 18.3 Å². The van der Waals surface area contributed by atoms with E-state index >= 15 is 0 Å². The van der Waals surface area contributed by atoms with Gasteiger partial charge >= 0.3 is 0 Å². The highest BCUT2D eigenvalue weighted by molar-refractivity contribution is 4.98. The Bertz CT molecular complexity index is 378. The summed E-state index contributed by atoms with van der Waals surface area (Å²) in [4.78, 5) is 4.45. The molecule has 0 saturated carbocycles. The summed E-state index contributed by atoms with van der Waals surface area (Å²) >= 11 is 0. The summed E-state index contributed by atoms with van der Waals surface area (Å²) in [6.45, 7) is 7.89. The molecule has 2 atom stereocenters. The highest BCUT2D eigenvalue weighted by Gasteiger charge is 2.25. The van der Waals surface area contributed by atoms with Crippen molar-refractivity contribution in [3.05, 3.63) is 11.7 Å². The molecule has 0 spiro atoms. The molecule has 0 amide bonds. The topological polar surface area (TPSA) is 74.2 Å². The van der Waals surface area contributed by atoms with Crippen LogP contribution in [0.3, 0.4) is 0 Å². The van der Waals surface area contributed by atoms with Gasteiger partial charge in [0.2, 0.25) is 5.89 Å². The van der Waals surface area contributed by atoms with Crippen LogP contribution < -0.4 is 5.73 Å². The van der Waals surface area contributed by atoms with Crippen molar-refractivity contribution in [2.45, 2.75) is 52.0 Å². The van der Waals surface area contributed by atoms with Crippen LogP contribution in [-0.2, 0) is 11.2 Å². The highest BCUT2D eigenvalue weighted by Crippen LogP contribution is 2.24. The van der Waals surface area contributed by atoms with Gasteiger partial charge in [0, 0.05) is 25.0 Å². The van der Waals surface area contributed by atoms with E-state index in [-0.39, 0.29) is 17.4 Å². The Morgan fingerprint density at radius 2 is 2.22 bits per heavy atom. The maximum absolute atomic E-state index is 6.12. The maximum atomic E-state index is 6.12. The number of hydrogen-bond donors (Lipinski definition) is 1. The first-order valence-corrected chi connectivity index (χ1v) is 6.62. The zero-order valence-corrected chi connectivity index (χ0v) is 11.5. The fourth-order valence-electron chi connectivity index (χ4n) is 1.96. The summed E-state index contributed by atoms with van der Waals surface area (Å²) < 4.78 is 10.7. The third-order valence-corrected chi connectivity index (χ3v) is 3.52. The molecule has 2 rings (SSSR count). The van der Waals surface area contributed by atoms with Crippen molar-refractivity contribution in [3.63, 3.8) is 0 Å². The first-order valence-electron chi connectivity index (χ1n) is 6.62. The van der Waals surface area contributed by atoms with E-state index in [1.54, 1.807) is 0 Å². The van der Waals surface area contributed by atoms with E-state index in [0.717, 1.165) is 25.3 Å². The number of ether oxygens (including phenoxy) is 1. The molecule has 5 heteroatoms. The molecule has 1 aromatic rings. The van der Waals surface area contributed by atoms with Crippen molar-refractivity contribution in [1.82, 2.24) is 10.1 Å². The molecule has 1 aromatic heterocycles. The first-order chi connectivity index (χ1) is 8.47. The van der Waals surface area contributed by atoms with Crippen molar-refractivity contribution >= 4 is 0 Å². The Hall–Kier alpha value is -0.940. The van der Waals surface area contributed by atoms with Crippen LogP contribution in [0.1, 0.15) is 51.2 Å². The molecule has 0 aliphatic carbocycles. The summed E-state index contributed by atoms with van der Waals surface area (Å²) in [5.41, 5.74) is 6.16. The van der Waals surface area contributed by atoms with Gasteiger partial charge in [-0.3, -0.25) is 0 Å². The van der Waals surface area contributed by atoms with Gasteiger partial charge in [-0.15, -0.1) is 0 Å². The van der Waals surface area contributed by atoms with Crippen molar-refractivity contribution in [1.29, 1.82) is 0 Å². The van der Waals surface area contributed by atoms with E-state index < -0.39 is 0 Å². The Balaban J connectivity index is 1.97. The van der Waals surface area contributed by atoms with E-state index in [4.69, 9.17) is 15.0 Å². The third kappa shape index (κ3) is 3.29. The van der Waals surface area contributed by atoms with Crippen LogP contribution in [0.4, 0.5) is 0 Å². The van der Waals surface area contributed by atoms with Gasteiger partial charge in [0.1, 0.15) is 0 Å². The Labute approximate surface area is 108 Å². The molecule has 1 aliphatic rings. The quantitative estimate of drug-likeness (QED) is 0.890. The first kappa shape index (κ1) is 13.5. The SMILES string of the molecule is CC(C)(C)C(N)Cc1nc(C2CCCOC2)no1. The fraction of sp³-hybridized carbons (Fsp3) is 0.846. The summed E-state index contributed by atoms with van der Waals surface area (Å²) in [5.74, 6) is 1.69. The summed E-state index contributed by atoms with van der Waals surface area (Å²) in [7, 11) is 0. The molecule has 1 saturated heterocycles. The normalized spacial score (nSPS) is 23.0. The number of aromatic nitrogens is 2. The monoisotopic (exact) mass is 253 g/mol. The molecule has 0 radical (unpaired) electrons. The van der Waals surface area contributed by atoms with Crippen molar-refractivity contribution < 1.29 is 9.26 Å². The van der Waals surface area contributed by atoms with Gasteiger partial charge in [0.25, 0.3) is 0 Å². The van der Waals surface area contributed by atoms with Crippen molar-refractivity contribution in [2.24, 2.45) is 11.1 Å². The molecule has 0 bridgehead atoms. The minimum Gasteiger partial charge on any atom is -0.381 e. The van der Waals surface area contributed by atoms with E-state index in [2.05, 4.69) is 30.9 Å². The standard InChI is InChI=1S/C13H23N3O2/c1-13(2,3)10(14)7-11-15-12(16-18-11)9-5-4-6-17-8-9/h9-10H,4-8,14H2,1-3H3. The van der Waals surface area contributed by atoms with Gasteiger partial charge in [0.05, 0.1) is 6.61 Å². The Morgan fingerprint density at radius 3 is 2.83 bits per heavy atom. The molecular weight excluding hydrogens is 230 g/mol. The lowest BCUT2D eigenvalue weighted by Gasteiger charge is -2.25. The van der Waals surface area contributed by atoms with Gasteiger partial charge in [0.15, 0.2) is 5.82 Å². The molecule has 2 N–H and O–H groups in total. The minimum absolute atomic E-state index is 0.0217. The van der Waals surface area contributed by atoms with Gasteiger partial charge in [-0.2, -0.15) is 4.98 Å². The average molecular weight is 253 g/mol.